The molecule has 19 heavy (non-hydrogen) atoms. The third-order valence-corrected chi connectivity index (χ3v) is 4.62. The van der Waals surface area contributed by atoms with E-state index in [1.807, 2.05) is 13.8 Å². The van der Waals surface area contributed by atoms with Crippen molar-refractivity contribution >= 4 is 16.0 Å². The van der Waals surface area contributed by atoms with Crippen molar-refractivity contribution in [2.24, 2.45) is 0 Å². The van der Waals surface area contributed by atoms with Crippen LogP contribution in [0.3, 0.4) is 0 Å². The van der Waals surface area contributed by atoms with E-state index in [9.17, 15) is 13.2 Å². The third kappa shape index (κ3) is 3.78. The first-order valence-corrected chi connectivity index (χ1v) is 7.68. The fourth-order valence-electron chi connectivity index (χ4n) is 1.64. The molecule has 1 unspecified atom stereocenters. The van der Waals surface area contributed by atoms with Crippen molar-refractivity contribution in [1.82, 2.24) is 4.72 Å². The number of carboxylic acids is 1. The van der Waals surface area contributed by atoms with E-state index in [-0.39, 0.29) is 16.5 Å². The minimum Gasteiger partial charge on any atom is -0.478 e. The average Bonchev–Trinajstić information content (AvgIpc) is 2.37. The van der Waals surface area contributed by atoms with Gasteiger partial charge in [-0.05, 0) is 37.5 Å². The van der Waals surface area contributed by atoms with Crippen LogP contribution < -0.4 is 4.72 Å². The van der Waals surface area contributed by atoms with Crippen LogP contribution >= 0.6 is 0 Å². The molecule has 0 aliphatic heterocycles. The molecule has 0 radical (unpaired) electrons. The number of sulfonamides is 1. The summed E-state index contributed by atoms with van der Waals surface area (Å²) in [5.74, 6) is -1.14. The molecule has 1 atom stereocenters. The van der Waals surface area contributed by atoms with E-state index in [1.54, 1.807) is 13.0 Å². The Hall–Kier alpha value is -1.40. The van der Waals surface area contributed by atoms with Crippen LogP contribution in [0.2, 0.25) is 0 Å². The van der Waals surface area contributed by atoms with Gasteiger partial charge in [0.25, 0.3) is 0 Å². The van der Waals surface area contributed by atoms with E-state index in [1.165, 1.54) is 12.1 Å². The summed E-state index contributed by atoms with van der Waals surface area (Å²) in [5, 5.41) is 8.95. The van der Waals surface area contributed by atoms with Gasteiger partial charge in [0, 0.05) is 6.04 Å². The minimum atomic E-state index is -3.68. The first-order chi connectivity index (χ1) is 8.81. The molecule has 0 aromatic heterocycles. The molecule has 0 fully saturated rings. The molecule has 0 heterocycles. The molecule has 0 aliphatic rings. The van der Waals surface area contributed by atoms with Crippen LogP contribution in [0.4, 0.5) is 0 Å². The average molecular weight is 285 g/mol. The summed E-state index contributed by atoms with van der Waals surface area (Å²) in [7, 11) is -3.68. The van der Waals surface area contributed by atoms with Gasteiger partial charge in [-0.15, -0.1) is 0 Å². The van der Waals surface area contributed by atoms with E-state index in [2.05, 4.69) is 4.72 Å². The van der Waals surface area contributed by atoms with Gasteiger partial charge >= 0.3 is 5.97 Å². The zero-order valence-corrected chi connectivity index (χ0v) is 12.1. The van der Waals surface area contributed by atoms with Crippen molar-refractivity contribution in [3.63, 3.8) is 0 Å². The summed E-state index contributed by atoms with van der Waals surface area (Å²) in [6, 6.07) is 3.99. The third-order valence-electron chi connectivity index (χ3n) is 2.95. The highest BCUT2D eigenvalue weighted by atomic mass is 32.2. The quantitative estimate of drug-likeness (QED) is 0.837. The topological polar surface area (TPSA) is 83.5 Å². The summed E-state index contributed by atoms with van der Waals surface area (Å²) in [6.07, 6.45) is 1.19. The lowest BCUT2D eigenvalue weighted by Gasteiger charge is -2.15. The van der Waals surface area contributed by atoms with Crippen molar-refractivity contribution in [3.05, 3.63) is 29.3 Å². The molecule has 2 N–H and O–H groups in total. The van der Waals surface area contributed by atoms with E-state index >= 15 is 0 Å². The lowest BCUT2D eigenvalue weighted by molar-refractivity contribution is 0.0696. The molecule has 106 valence electrons. The summed E-state index contributed by atoms with van der Waals surface area (Å²) < 4.78 is 27.0. The van der Waals surface area contributed by atoms with Crippen molar-refractivity contribution in [2.75, 3.05) is 0 Å². The molecule has 0 aliphatic carbocycles. The summed E-state index contributed by atoms with van der Waals surface area (Å²) >= 11 is 0. The number of aryl methyl sites for hydroxylation is 1. The van der Waals surface area contributed by atoms with Gasteiger partial charge in [-0.2, -0.15) is 0 Å². The second-order valence-corrected chi connectivity index (χ2v) is 6.09. The number of hydrogen-bond donors (Lipinski definition) is 2. The first-order valence-electron chi connectivity index (χ1n) is 6.20. The molecule has 0 saturated carbocycles. The number of rotatable bonds is 6. The molecular formula is C13H19NO4S. The number of nitrogens with one attached hydrogen (secondary N) is 1. The molecule has 5 nitrogen and oxygen atoms in total. The minimum absolute atomic E-state index is 0.0262. The van der Waals surface area contributed by atoms with Gasteiger partial charge in [-0.3, -0.25) is 0 Å². The SMILES string of the molecule is CCc1ccc(C(=O)O)cc1S(=O)(=O)NC(C)CC. The number of hydrogen-bond acceptors (Lipinski definition) is 3. The fourth-order valence-corrected chi connectivity index (χ4v) is 3.30. The Morgan fingerprint density at radius 3 is 2.47 bits per heavy atom. The Bertz CT molecular complexity index is 566. The van der Waals surface area contributed by atoms with Crippen LogP contribution in [-0.4, -0.2) is 25.5 Å². The van der Waals surface area contributed by atoms with Gasteiger partial charge < -0.3 is 5.11 Å². The number of benzene rings is 1. The molecule has 1 rings (SSSR count). The Morgan fingerprint density at radius 2 is 2.00 bits per heavy atom. The van der Waals surface area contributed by atoms with E-state index in [0.717, 1.165) is 0 Å². The van der Waals surface area contributed by atoms with Gasteiger partial charge in [0.1, 0.15) is 0 Å². The molecule has 0 bridgehead atoms. The van der Waals surface area contributed by atoms with Gasteiger partial charge in [-0.25, -0.2) is 17.9 Å². The van der Waals surface area contributed by atoms with E-state index in [0.29, 0.717) is 18.4 Å². The molecule has 0 amide bonds. The van der Waals surface area contributed by atoms with Crippen LogP contribution in [0.15, 0.2) is 23.1 Å². The van der Waals surface area contributed by atoms with Gasteiger partial charge in [-0.1, -0.05) is 19.9 Å². The van der Waals surface area contributed by atoms with Crippen LogP contribution in [0.1, 0.15) is 43.1 Å². The van der Waals surface area contributed by atoms with Crippen molar-refractivity contribution < 1.29 is 18.3 Å². The Morgan fingerprint density at radius 1 is 1.37 bits per heavy atom. The van der Waals surface area contributed by atoms with Crippen LogP contribution in [0, 0.1) is 0 Å². The van der Waals surface area contributed by atoms with Gasteiger partial charge in [0.15, 0.2) is 0 Å². The Balaban J connectivity index is 3.30. The van der Waals surface area contributed by atoms with Crippen LogP contribution in [-0.2, 0) is 16.4 Å². The zero-order valence-electron chi connectivity index (χ0n) is 11.3. The first kappa shape index (κ1) is 15.7. The largest absolute Gasteiger partial charge is 0.478 e. The predicted molar refractivity (Wildman–Crippen MR) is 72.9 cm³/mol. The van der Waals surface area contributed by atoms with Crippen LogP contribution in [0.25, 0.3) is 0 Å². The number of carbonyl (C=O) groups is 1. The molecular weight excluding hydrogens is 266 g/mol. The molecule has 1 aromatic carbocycles. The zero-order chi connectivity index (χ0) is 14.6. The maximum absolute atomic E-state index is 12.3. The fraction of sp³-hybridized carbons (Fsp3) is 0.462. The highest BCUT2D eigenvalue weighted by Crippen LogP contribution is 2.19. The van der Waals surface area contributed by atoms with E-state index in [4.69, 9.17) is 5.11 Å². The van der Waals surface area contributed by atoms with Crippen molar-refractivity contribution in [2.45, 2.75) is 44.6 Å². The van der Waals surface area contributed by atoms with E-state index < -0.39 is 16.0 Å². The smallest absolute Gasteiger partial charge is 0.335 e. The maximum Gasteiger partial charge on any atom is 0.335 e. The second kappa shape index (κ2) is 6.16. The molecule has 6 heteroatoms. The Labute approximate surface area is 113 Å². The normalized spacial score (nSPS) is 13.2. The predicted octanol–water partition coefficient (Wildman–Crippen LogP) is 2.02. The standard InChI is InChI=1S/C13H19NO4S/c1-4-9(3)14-19(17,18)12-8-11(13(15)16)7-6-10(12)5-2/h6-9,14H,4-5H2,1-3H3,(H,15,16). The highest BCUT2D eigenvalue weighted by molar-refractivity contribution is 7.89. The number of carboxylic acid groups (broad SMARTS) is 1. The maximum atomic E-state index is 12.3. The monoisotopic (exact) mass is 285 g/mol. The summed E-state index contributed by atoms with van der Waals surface area (Å²) in [5.41, 5.74) is 0.586. The van der Waals surface area contributed by atoms with Crippen LogP contribution in [0.5, 0.6) is 0 Å². The Kier molecular flexibility index (Phi) is 5.08. The summed E-state index contributed by atoms with van der Waals surface area (Å²) in [6.45, 7) is 5.48. The second-order valence-electron chi connectivity index (χ2n) is 4.41. The van der Waals surface area contributed by atoms with Gasteiger partial charge in [0.05, 0.1) is 10.5 Å². The molecule has 1 aromatic rings. The van der Waals surface area contributed by atoms with Gasteiger partial charge in [0.2, 0.25) is 10.0 Å². The summed E-state index contributed by atoms with van der Waals surface area (Å²) in [4.78, 5) is 11.0. The van der Waals surface area contributed by atoms with Crippen molar-refractivity contribution in [3.8, 4) is 0 Å². The molecule has 0 saturated heterocycles. The lowest BCUT2D eigenvalue weighted by atomic mass is 10.1. The van der Waals surface area contributed by atoms with Crippen molar-refractivity contribution in [1.29, 1.82) is 0 Å². The number of aromatic carboxylic acids is 1. The highest BCUT2D eigenvalue weighted by Gasteiger charge is 2.21. The lowest BCUT2D eigenvalue weighted by Crippen LogP contribution is -2.32. The molecule has 0 spiro atoms.